The van der Waals surface area contributed by atoms with Gasteiger partial charge in [-0.05, 0) is 39.8 Å². The van der Waals surface area contributed by atoms with E-state index in [2.05, 4.69) is 0 Å². The number of ketones is 1. The first-order valence-electron chi connectivity index (χ1n) is 6.14. The third-order valence-electron chi connectivity index (χ3n) is 3.82. The number of carbonyl (C=O) groups excluding carboxylic acids is 1. The molecular formula is C12H21NO2S. The van der Waals surface area contributed by atoms with Crippen molar-refractivity contribution < 1.29 is 9.00 Å². The Bertz CT molecular complexity index is 287. The van der Waals surface area contributed by atoms with E-state index < -0.39 is 10.8 Å². The van der Waals surface area contributed by atoms with E-state index in [4.69, 9.17) is 0 Å². The Morgan fingerprint density at radius 1 is 1.25 bits per heavy atom. The summed E-state index contributed by atoms with van der Waals surface area (Å²) in [6.07, 6.45) is 4.58. The van der Waals surface area contributed by atoms with Crippen LogP contribution < -0.4 is 0 Å². The van der Waals surface area contributed by atoms with Crippen LogP contribution in [0.1, 0.15) is 32.1 Å². The van der Waals surface area contributed by atoms with Crippen LogP contribution in [0.25, 0.3) is 0 Å². The monoisotopic (exact) mass is 243 g/mol. The molecule has 0 aromatic heterocycles. The van der Waals surface area contributed by atoms with Gasteiger partial charge in [-0.25, -0.2) is 0 Å². The summed E-state index contributed by atoms with van der Waals surface area (Å²) in [5.41, 5.74) is 0. The van der Waals surface area contributed by atoms with Crippen LogP contribution in [0.5, 0.6) is 0 Å². The van der Waals surface area contributed by atoms with E-state index in [1.165, 1.54) is 0 Å². The molecule has 4 heteroatoms. The summed E-state index contributed by atoms with van der Waals surface area (Å²) < 4.78 is 11.8. The van der Waals surface area contributed by atoms with Gasteiger partial charge in [0.15, 0.2) is 0 Å². The normalized spacial score (nSPS) is 37.9. The molecule has 0 amide bonds. The first-order chi connectivity index (χ1) is 7.58. The molecule has 0 aromatic carbocycles. The zero-order valence-corrected chi connectivity index (χ0v) is 11.0. The Balaban J connectivity index is 1.87. The highest BCUT2D eigenvalue weighted by molar-refractivity contribution is 7.86. The molecule has 2 rings (SSSR count). The predicted octanol–water partition coefficient (Wildman–Crippen LogP) is 1.20. The molecule has 0 aromatic rings. The lowest BCUT2D eigenvalue weighted by molar-refractivity contribution is -0.123. The molecule has 16 heavy (non-hydrogen) atoms. The molecule has 2 atom stereocenters. The van der Waals surface area contributed by atoms with Gasteiger partial charge in [-0.2, -0.15) is 0 Å². The minimum Gasteiger partial charge on any atom is -0.309 e. The fourth-order valence-electron chi connectivity index (χ4n) is 2.83. The van der Waals surface area contributed by atoms with Crippen molar-refractivity contribution in [3.05, 3.63) is 0 Å². The lowest BCUT2D eigenvalue weighted by Crippen LogP contribution is -2.33. The lowest BCUT2D eigenvalue weighted by atomic mass is 9.93. The molecule has 2 unspecified atom stereocenters. The SMILES string of the molecule is CN(C)CCC(=O)C1CC2CCC(C1)S2=O. The van der Waals surface area contributed by atoms with E-state index >= 15 is 0 Å². The van der Waals surface area contributed by atoms with Crippen molar-refractivity contribution in [1.29, 1.82) is 0 Å². The standard InChI is InChI=1S/C12H21NO2S/c1-13(2)6-5-12(14)9-7-10-3-4-11(8-9)16(10)15/h9-11H,3-8H2,1-2H3. The van der Waals surface area contributed by atoms with E-state index in [-0.39, 0.29) is 5.92 Å². The van der Waals surface area contributed by atoms with Gasteiger partial charge in [0.25, 0.3) is 0 Å². The highest BCUT2D eigenvalue weighted by Crippen LogP contribution is 2.39. The Morgan fingerprint density at radius 2 is 1.81 bits per heavy atom. The zero-order chi connectivity index (χ0) is 11.7. The highest BCUT2D eigenvalue weighted by Gasteiger charge is 2.42. The number of nitrogens with zero attached hydrogens (tertiary/aromatic N) is 1. The van der Waals surface area contributed by atoms with Crippen LogP contribution in [0, 0.1) is 5.92 Å². The van der Waals surface area contributed by atoms with Crippen LogP contribution in [-0.2, 0) is 15.6 Å². The fraction of sp³-hybridized carbons (Fsp3) is 0.917. The average molecular weight is 243 g/mol. The smallest absolute Gasteiger partial charge is 0.137 e. The number of Topliss-reactive ketones (excluding diaryl/α,β-unsaturated/α-hetero) is 1. The summed E-state index contributed by atoms with van der Waals surface area (Å²) in [7, 11) is 3.35. The molecule has 0 saturated carbocycles. The predicted molar refractivity (Wildman–Crippen MR) is 65.9 cm³/mol. The van der Waals surface area contributed by atoms with Crippen molar-refractivity contribution >= 4 is 16.6 Å². The van der Waals surface area contributed by atoms with Crippen LogP contribution in [0.2, 0.25) is 0 Å². The van der Waals surface area contributed by atoms with Gasteiger partial charge < -0.3 is 4.90 Å². The molecule has 2 saturated heterocycles. The molecule has 0 N–H and O–H groups in total. The number of carbonyl (C=O) groups is 1. The number of hydrogen-bond donors (Lipinski definition) is 0. The molecule has 2 fully saturated rings. The largest absolute Gasteiger partial charge is 0.309 e. The molecule has 0 radical (unpaired) electrons. The third kappa shape index (κ3) is 2.54. The van der Waals surface area contributed by atoms with Gasteiger partial charge in [0.05, 0.1) is 0 Å². The van der Waals surface area contributed by atoms with Crippen molar-refractivity contribution in [1.82, 2.24) is 4.90 Å². The number of hydrogen-bond acceptors (Lipinski definition) is 3. The maximum absolute atomic E-state index is 12.0. The zero-order valence-electron chi connectivity index (χ0n) is 10.1. The number of rotatable bonds is 4. The van der Waals surface area contributed by atoms with Gasteiger partial charge in [-0.15, -0.1) is 0 Å². The van der Waals surface area contributed by atoms with Crippen LogP contribution in [-0.4, -0.2) is 46.0 Å². The second kappa shape index (κ2) is 4.96. The molecule has 0 spiro atoms. The second-order valence-electron chi connectivity index (χ2n) is 5.34. The Hall–Kier alpha value is -0.220. The number of fused-ring (bicyclic) bond motifs is 2. The summed E-state index contributed by atoms with van der Waals surface area (Å²) in [4.78, 5) is 14.1. The van der Waals surface area contributed by atoms with Gasteiger partial charge in [0.2, 0.25) is 0 Å². The Labute approximate surface area is 100 Å². The Morgan fingerprint density at radius 3 is 2.31 bits per heavy atom. The van der Waals surface area contributed by atoms with Crippen molar-refractivity contribution in [2.75, 3.05) is 20.6 Å². The fourth-order valence-corrected chi connectivity index (χ4v) is 4.96. The second-order valence-corrected chi connectivity index (χ2v) is 7.33. The summed E-state index contributed by atoms with van der Waals surface area (Å²) >= 11 is 0. The molecular weight excluding hydrogens is 222 g/mol. The summed E-state index contributed by atoms with van der Waals surface area (Å²) in [5, 5.41) is 0.652. The summed E-state index contributed by atoms with van der Waals surface area (Å²) in [5.74, 6) is 0.595. The molecule has 3 nitrogen and oxygen atoms in total. The van der Waals surface area contributed by atoms with E-state index in [0.29, 0.717) is 22.7 Å². The van der Waals surface area contributed by atoms with Crippen molar-refractivity contribution in [3.8, 4) is 0 Å². The molecule has 2 heterocycles. The topological polar surface area (TPSA) is 37.4 Å². The van der Waals surface area contributed by atoms with Gasteiger partial charge >= 0.3 is 0 Å². The van der Waals surface area contributed by atoms with Gasteiger partial charge in [0.1, 0.15) is 5.78 Å². The quantitative estimate of drug-likeness (QED) is 0.744. The van der Waals surface area contributed by atoms with Crippen LogP contribution in [0.4, 0.5) is 0 Å². The van der Waals surface area contributed by atoms with Crippen molar-refractivity contribution in [2.45, 2.75) is 42.6 Å². The third-order valence-corrected chi connectivity index (χ3v) is 5.99. The van der Waals surface area contributed by atoms with Crippen LogP contribution in [0.3, 0.4) is 0 Å². The molecule has 2 aliphatic rings. The Kier molecular flexibility index (Phi) is 3.80. The van der Waals surface area contributed by atoms with E-state index in [9.17, 15) is 9.00 Å². The maximum Gasteiger partial charge on any atom is 0.137 e. The summed E-state index contributed by atoms with van der Waals surface area (Å²) in [6.45, 7) is 0.841. The highest BCUT2D eigenvalue weighted by atomic mass is 32.2. The lowest BCUT2D eigenvalue weighted by Gasteiger charge is -2.26. The van der Waals surface area contributed by atoms with Crippen LogP contribution in [0.15, 0.2) is 0 Å². The molecule has 0 aliphatic carbocycles. The maximum atomic E-state index is 12.0. The minimum atomic E-state index is -0.631. The van der Waals surface area contributed by atoms with E-state index in [0.717, 1.165) is 32.2 Å². The van der Waals surface area contributed by atoms with Gasteiger partial charge in [-0.3, -0.25) is 9.00 Å². The van der Waals surface area contributed by atoms with Crippen molar-refractivity contribution in [3.63, 3.8) is 0 Å². The molecule has 2 bridgehead atoms. The van der Waals surface area contributed by atoms with Crippen molar-refractivity contribution in [2.24, 2.45) is 5.92 Å². The van der Waals surface area contributed by atoms with E-state index in [1.54, 1.807) is 0 Å². The minimum absolute atomic E-state index is 0.204. The van der Waals surface area contributed by atoms with Gasteiger partial charge in [0, 0.05) is 40.2 Å². The molecule has 92 valence electrons. The molecule has 2 aliphatic heterocycles. The van der Waals surface area contributed by atoms with Crippen LogP contribution >= 0.6 is 0 Å². The van der Waals surface area contributed by atoms with E-state index in [1.807, 2.05) is 19.0 Å². The van der Waals surface area contributed by atoms with Gasteiger partial charge in [-0.1, -0.05) is 0 Å². The summed E-state index contributed by atoms with van der Waals surface area (Å²) in [6, 6.07) is 0. The average Bonchev–Trinajstić information content (AvgIpc) is 2.50. The first kappa shape index (κ1) is 12.2. The first-order valence-corrected chi connectivity index (χ1v) is 7.42.